The van der Waals surface area contributed by atoms with Gasteiger partial charge in [0.05, 0.1) is 5.69 Å². The second kappa shape index (κ2) is 8.87. The summed E-state index contributed by atoms with van der Waals surface area (Å²) in [6.45, 7) is 4.90. The van der Waals surface area contributed by atoms with Gasteiger partial charge in [-0.25, -0.2) is 0 Å². The van der Waals surface area contributed by atoms with Gasteiger partial charge >= 0.3 is 7.98 Å². The number of aryl methyl sites for hydroxylation is 2. The van der Waals surface area contributed by atoms with E-state index < -0.39 is 0 Å². The highest BCUT2D eigenvalue weighted by atomic mass is 14.9. The van der Waals surface area contributed by atoms with Gasteiger partial charge in [0.1, 0.15) is 6.21 Å². The van der Waals surface area contributed by atoms with E-state index in [0.717, 1.165) is 35.5 Å². The number of rotatable bonds is 7. The van der Waals surface area contributed by atoms with Crippen molar-refractivity contribution in [1.82, 2.24) is 4.98 Å². The van der Waals surface area contributed by atoms with Gasteiger partial charge in [-0.2, -0.15) is 0 Å². The van der Waals surface area contributed by atoms with Gasteiger partial charge in [0.15, 0.2) is 5.70 Å². The number of hydrogen-bond acceptors (Lipinski definition) is 1. The fourth-order valence-electron chi connectivity index (χ4n) is 3.43. The Morgan fingerprint density at radius 2 is 2.00 bits per heavy atom. The first-order valence-corrected chi connectivity index (χ1v) is 9.58. The van der Waals surface area contributed by atoms with E-state index in [1.807, 2.05) is 18.4 Å². The van der Waals surface area contributed by atoms with E-state index in [2.05, 4.69) is 61.3 Å². The largest absolute Gasteiger partial charge is 0.586 e. The van der Waals surface area contributed by atoms with Crippen LogP contribution in [0, 0.1) is 6.92 Å². The average molecular weight is 356 g/mol. The van der Waals surface area contributed by atoms with E-state index in [1.165, 1.54) is 23.1 Å². The Bertz CT molecular complexity index is 912. The molecule has 0 unspecified atom stereocenters. The van der Waals surface area contributed by atoms with Gasteiger partial charge in [-0.15, -0.1) is 0 Å². The number of nitrogens with two attached hydrogens (primary N) is 1. The maximum absolute atomic E-state index is 6.06. The quantitative estimate of drug-likeness (QED) is 0.716. The number of aromatic nitrogens is 1. The third kappa shape index (κ3) is 4.58. The summed E-state index contributed by atoms with van der Waals surface area (Å²) in [5.41, 5.74) is 13.9. The van der Waals surface area contributed by atoms with Crippen molar-refractivity contribution in [3.8, 4) is 0 Å². The summed E-state index contributed by atoms with van der Waals surface area (Å²) in [5, 5.41) is 0. The highest BCUT2D eigenvalue weighted by molar-refractivity contribution is 6.01. The number of nitrogens with zero attached hydrogens (tertiary/aromatic N) is 1. The van der Waals surface area contributed by atoms with Crippen LogP contribution in [0.15, 0.2) is 48.2 Å². The summed E-state index contributed by atoms with van der Waals surface area (Å²) in [7, 11) is 6.06. The minimum Gasteiger partial charge on any atom is -0.355 e. The Morgan fingerprint density at radius 1 is 1.22 bits per heavy atom. The fourth-order valence-corrected chi connectivity index (χ4v) is 3.43. The molecule has 2 radical (unpaired) electrons. The van der Waals surface area contributed by atoms with Crippen LogP contribution in [0.3, 0.4) is 0 Å². The SMILES string of the molecule is [B][N+]1=CC=CC1=C(CCN)c1[nH]c(/C=C/c2ccc(CCC)cc2)cc1C. The van der Waals surface area contributed by atoms with Crippen molar-refractivity contribution >= 4 is 31.9 Å². The second-order valence-corrected chi connectivity index (χ2v) is 6.93. The molecular weight excluding hydrogens is 329 g/mol. The maximum Gasteiger partial charge on any atom is 0.586 e. The van der Waals surface area contributed by atoms with Crippen LogP contribution in [0.4, 0.5) is 0 Å². The Hall–Kier alpha value is -2.59. The van der Waals surface area contributed by atoms with Crippen LogP contribution >= 0.6 is 0 Å². The van der Waals surface area contributed by atoms with E-state index in [1.54, 1.807) is 4.49 Å². The van der Waals surface area contributed by atoms with Gasteiger partial charge < -0.3 is 10.7 Å². The first-order valence-electron chi connectivity index (χ1n) is 9.58. The minimum atomic E-state index is 0.578. The van der Waals surface area contributed by atoms with E-state index in [0.29, 0.717) is 6.54 Å². The number of allylic oxidation sites excluding steroid dienone is 2. The molecule has 3 rings (SSSR count). The molecule has 0 fully saturated rings. The summed E-state index contributed by atoms with van der Waals surface area (Å²) >= 11 is 0. The van der Waals surface area contributed by atoms with Crippen LogP contribution < -0.4 is 5.73 Å². The molecule has 0 spiro atoms. The summed E-state index contributed by atoms with van der Waals surface area (Å²) in [4.78, 5) is 3.54. The molecule has 0 saturated carbocycles. The number of aromatic amines is 1. The molecule has 1 aromatic carbocycles. The van der Waals surface area contributed by atoms with E-state index in [4.69, 9.17) is 13.7 Å². The monoisotopic (exact) mass is 356 g/mol. The van der Waals surface area contributed by atoms with Crippen LogP contribution in [0.5, 0.6) is 0 Å². The van der Waals surface area contributed by atoms with Crippen molar-refractivity contribution in [3.63, 3.8) is 0 Å². The Kier molecular flexibility index (Phi) is 6.30. The van der Waals surface area contributed by atoms with Gasteiger partial charge in [0.2, 0.25) is 0 Å². The molecule has 1 aromatic heterocycles. The molecular formula is C23H27BN3+. The molecule has 27 heavy (non-hydrogen) atoms. The highest BCUT2D eigenvalue weighted by Crippen LogP contribution is 2.27. The van der Waals surface area contributed by atoms with Crippen LogP contribution in [0.25, 0.3) is 17.7 Å². The Morgan fingerprint density at radius 3 is 2.63 bits per heavy atom. The number of benzene rings is 1. The average Bonchev–Trinajstić information content (AvgIpc) is 3.25. The van der Waals surface area contributed by atoms with Crippen molar-refractivity contribution in [1.29, 1.82) is 0 Å². The van der Waals surface area contributed by atoms with Crippen molar-refractivity contribution in [2.24, 2.45) is 5.73 Å². The first kappa shape index (κ1) is 19.2. The normalized spacial score (nSPS) is 15.6. The lowest BCUT2D eigenvalue weighted by molar-refractivity contribution is -0.294. The van der Waals surface area contributed by atoms with Crippen LogP contribution in [0.2, 0.25) is 0 Å². The van der Waals surface area contributed by atoms with Crippen LogP contribution in [-0.4, -0.2) is 30.2 Å². The standard InChI is InChI=1S/C23H27BN3/c1-3-5-18-7-9-19(10-8-18)11-12-20-16-17(2)23(26-20)21(13-14-25)22-6-4-15-27(22)24/h4,6-12,15-16,26H,3,5,13-14,25H2,1-2H3/q+1/b12-11+. The van der Waals surface area contributed by atoms with E-state index in [-0.39, 0.29) is 0 Å². The molecule has 2 aromatic rings. The summed E-state index contributed by atoms with van der Waals surface area (Å²) in [6, 6.07) is 10.9. The molecule has 0 amide bonds. The summed E-state index contributed by atoms with van der Waals surface area (Å²) in [6.07, 6.45) is 13.2. The van der Waals surface area contributed by atoms with Gasteiger partial charge in [-0.1, -0.05) is 43.7 Å². The Balaban J connectivity index is 1.85. The lowest BCUT2D eigenvalue weighted by Gasteiger charge is -2.07. The molecule has 136 valence electrons. The second-order valence-electron chi connectivity index (χ2n) is 6.93. The topological polar surface area (TPSA) is 44.8 Å². The Labute approximate surface area is 163 Å². The van der Waals surface area contributed by atoms with Crippen molar-refractivity contribution in [3.05, 3.63) is 76.3 Å². The predicted octanol–water partition coefficient (Wildman–Crippen LogP) is 4.24. The van der Waals surface area contributed by atoms with E-state index in [9.17, 15) is 0 Å². The molecule has 0 bridgehead atoms. The number of hydrogen-bond donors (Lipinski definition) is 2. The van der Waals surface area contributed by atoms with Crippen LogP contribution in [-0.2, 0) is 6.42 Å². The molecule has 2 heterocycles. The summed E-state index contributed by atoms with van der Waals surface area (Å²) < 4.78 is 1.65. The molecule has 1 aliphatic rings. The van der Waals surface area contributed by atoms with Crippen molar-refractivity contribution < 1.29 is 4.49 Å². The minimum absolute atomic E-state index is 0.578. The lowest BCUT2D eigenvalue weighted by Crippen LogP contribution is -2.09. The summed E-state index contributed by atoms with van der Waals surface area (Å²) in [5.74, 6) is 0. The number of H-pyrrole nitrogens is 1. The van der Waals surface area contributed by atoms with Gasteiger partial charge in [0, 0.05) is 23.4 Å². The van der Waals surface area contributed by atoms with Crippen LogP contribution in [0.1, 0.15) is 47.8 Å². The highest BCUT2D eigenvalue weighted by Gasteiger charge is 2.20. The molecule has 3 N–H and O–H groups in total. The zero-order valence-electron chi connectivity index (χ0n) is 16.2. The van der Waals surface area contributed by atoms with Gasteiger partial charge in [0.25, 0.3) is 0 Å². The molecule has 4 heteroatoms. The first-order chi connectivity index (χ1) is 13.1. The molecule has 0 aliphatic carbocycles. The third-order valence-corrected chi connectivity index (χ3v) is 4.79. The lowest BCUT2D eigenvalue weighted by atomic mass is 10.0. The number of nitrogens with one attached hydrogen (secondary N) is 1. The van der Waals surface area contributed by atoms with E-state index >= 15 is 0 Å². The molecule has 0 atom stereocenters. The molecule has 0 saturated heterocycles. The zero-order valence-corrected chi connectivity index (χ0v) is 16.2. The van der Waals surface area contributed by atoms with Gasteiger partial charge in [-0.05, 0) is 55.1 Å². The zero-order chi connectivity index (χ0) is 19.2. The maximum atomic E-state index is 6.06. The van der Waals surface area contributed by atoms with Gasteiger partial charge in [-0.3, -0.25) is 4.49 Å². The molecule has 1 aliphatic heterocycles. The smallest absolute Gasteiger partial charge is 0.355 e. The van der Waals surface area contributed by atoms with Crippen molar-refractivity contribution in [2.45, 2.75) is 33.1 Å². The fraction of sp³-hybridized carbons (Fsp3) is 0.261. The predicted molar refractivity (Wildman–Crippen MR) is 117 cm³/mol. The third-order valence-electron chi connectivity index (χ3n) is 4.79. The van der Waals surface area contributed by atoms with Crippen molar-refractivity contribution in [2.75, 3.05) is 6.54 Å². The molecule has 3 nitrogen and oxygen atoms in total.